The summed E-state index contributed by atoms with van der Waals surface area (Å²) in [5.41, 5.74) is 5.39. The molecule has 1 atom stereocenters. The molecule has 1 aromatic rings. The number of nitrogens with zero attached hydrogens (tertiary/aromatic N) is 2. The molecule has 0 bridgehead atoms. The second-order valence-corrected chi connectivity index (χ2v) is 7.42. The van der Waals surface area contributed by atoms with Crippen molar-refractivity contribution in [3.05, 3.63) is 32.8 Å². The zero-order valence-corrected chi connectivity index (χ0v) is 12.9. The lowest BCUT2D eigenvalue weighted by atomic mass is 10.1. The summed E-state index contributed by atoms with van der Waals surface area (Å²) in [6.45, 7) is 1.28. The van der Waals surface area contributed by atoms with Crippen LogP contribution in [0, 0.1) is 16.0 Å². The third-order valence-corrected chi connectivity index (χ3v) is 5.83. The van der Waals surface area contributed by atoms with Gasteiger partial charge in [0.1, 0.15) is 0 Å². The van der Waals surface area contributed by atoms with E-state index in [0.717, 1.165) is 6.42 Å². The van der Waals surface area contributed by atoms with Gasteiger partial charge in [-0.1, -0.05) is 0 Å². The minimum absolute atomic E-state index is 0.0487. The Morgan fingerprint density at radius 3 is 2.70 bits per heavy atom. The molecule has 110 valence electrons. The lowest BCUT2D eigenvalue weighted by Crippen LogP contribution is -2.30. The Morgan fingerprint density at radius 2 is 2.20 bits per heavy atom. The largest absolute Gasteiger partial charge is 0.330 e. The number of halogens is 1. The van der Waals surface area contributed by atoms with Crippen molar-refractivity contribution in [2.75, 3.05) is 19.6 Å². The fraction of sp³-hybridized carbons (Fsp3) is 0.455. The maximum absolute atomic E-state index is 12.4. The Bertz CT molecular complexity index is 635. The Balaban J connectivity index is 2.31. The van der Waals surface area contributed by atoms with Gasteiger partial charge in [0.05, 0.1) is 14.3 Å². The third kappa shape index (κ3) is 2.85. The second kappa shape index (κ2) is 5.76. The molecule has 1 fully saturated rings. The molecule has 1 aliphatic heterocycles. The number of sulfonamides is 1. The minimum atomic E-state index is -3.62. The van der Waals surface area contributed by atoms with E-state index >= 15 is 0 Å². The Labute approximate surface area is 125 Å². The smallest absolute Gasteiger partial charge is 0.283 e. The molecule has 1 aromatic carbocycles. The number of hydrogen-bond donors (Lipinski definition) is 1. The van der Waals surface area contributed by atoms with Crippen molar-refractivity contribution in [3.63, 3.8) is 0 Å². The van der Waals surface area contributed by atoms with Crippen molar-refractivity contribution in [2.45, 2.75) is 11.3 Å². The van der Waals surface area contributed by atoms with Gasteiger partial charge in [0.25, 0.3) is 5.69 Å². The first-order valence-electron chi connectivity index (χ1n) is 6.00. The molecule has 1 heterocycles. The SMILES string of the molecule is NCC1CCN(S(=O)(=O)c2ccc([N+](=O)[O-])c(Br)c2)C1. The average molecular weight is 364 g/mol. The van der Waals surface area contributed by atoms with Crippen LogP contribution in [0.4, 0.5) is 5.69 Å². The number of rotatable bonds is 4. The number of benzene rings is 1. The van der Waals surface area contributed by atoms with E-state index in [1.807, 2.05) is 0 Å². The molecule has 9 heteroatoms. The van der Waals surface area contributed by atoms with Crippen molar-refractivity contribution >= 4 is 31.6 Å². The quantitative estimate of drug-likeness (QED) is 0.641. The van der Waals surface area contributed by atoms with Gasteiger partial charge >= 0.3 is 0 Å². The summed E-state index contributed by atoms with van der Waals surface area (Å²) in [6.07, 6.45) is 0.740. The maximum atomic E-state index is 12.4. The molecule has 0 amide bonds. The molecule has 1 aliphatic rings. The first-order chi connectivity index (χ1) is 9.36. The van der Waals surface area contributed by atoms with Crippen molar-refractivity contribution in [2.24, 2.45) is 11.7 Å². The van der Waals surface area contributed by atoms with Crippen LogP contribution in [0.2, 0.25) is 0 Å². The third-order valence-electron chi connectivity index (χ3n) is 3.34. The van der Waals surface area contributed by atoms with Gasteiger partial charge in [-0.05, 0) is 46.9 Å². The van der Waals surface area contributed by atoms with E-state index < -0.39 is 14.9 Å². The zero-order chi connectivity index (χ0) is 14.9. The molecule has 2 rings (SSSR count). The van der Waals surface area contributed by atoms with Gasteiger partial charge in [-0.25, -0.2) is 8.42 Å². The topological polar surface area (TPSA) is 107 Å². The highest BCUT2D eigenvalue weighted by Crippen LogP contribution is 2.30. The molecule has 0 aromatic heterocycles. The fourth-order valence-electron chi connectivity index (χ4n) is 2.15. The van der Waals surface area contributed by atoms with Crippen LogP contribution in [-0.2, 0) is 10.0 Å². The van der Waals surface area contributed by atoms with E-state index in [1.165, 1.54) is 22.5 Å². The van der Waals surface area contributed by atoms with Gasteiger partial charge in [-0.2, -0.15) is 4.31 Å². The Morgan fingerprint density at radius 1 is 1.50 bits per heavy atom. The molecule has 0 radical (unpaired) electrons. The van der Waals surface area contributed by atoms with E-state index in [2.05, 4.69) is 15.9 Å². The van der Waals surface area contributed by atoms with E-state index in [1.54, 1.807) is 0 Å². The van der Waals surface area contributed by atoms with E-state index in [9.17, 15) is 18.5 Å². The highest BCUT2D eigenvalue weighted by atomic mass is 79.9. The molecule has 0 aliphatic carbocycles. The first kappa shape index (κ1) is 15.4. The van der Waals surface area contributed by atoms with Gasteiger partial charge in [0.15, 0.2) is 0 Å². The monoisotopic (exact) mass is 363 g/mol. The van der Waals surface area contributed by atoms with E-state index in [-0.39, 0.29) is 21.0 Å². The van der Waals surface area contributed by atoms with E-state index in [4.69, 9.17) is 5.73 Å². The molecule has 20 heavy (non-hydrogen) atoms. The standard InChI is InChI=1S/C11H14BrN3O4S/c12-10-5-9(1-2-11(10)15(16)17)20(18,19)14-4-3-8(6-13)7-14/h1-2,5,8H,3-4,6-7,13H2. The fourth-order valence-corrected chi connectivity index (χ4v) is 4.39. The predicted octanol–water partition coefficient (Wildman–Crippen LogP) is 1.33. The summed E-state index contributed by atoms with van der Waals surface area (Å²) in [5, 5.41) is 10.7. The summed E-state index contributed by atoms with van der Waals surface area (Å²) in [7, 11) is -3.62. The second-order valence-electron chi connectivity index (χ2n) is 4.62. The lowest BCUT2D eigenvalue weighted by Gasteiger charge is -2.16. The van der Waals surface area contributed by atoms with Gasteiger partial charge < -0.3 is 5.73 Å². The normalized spacial score (nSPS) is 20.2. The molecule has 0 spiro atoms. The van der Waals surface area contributed by atoms with Crippen molar-refractivity contribution in [1.82, 2.24) is 4.31 Å². The van der Waals surface area contributed by atoms with Crippen LogP contribution in [0.25, 0.3) is 0 Å². The van der Waals surface area contributed by atoms with Gasteiger partial charge in [0.2, 0.25) is 10.0 Å². The molecular formula is C11H14BrN3O4S. The van der Waals surface area contributed by atoms with Crippen LogP contribution in [0.5, 0.6) is 0 Å². The predicted molar refractivity (Wildman–Crippen MR) is 76.7 cm³/mol. The average Bonchev–Trinajstić information content (AvgIpc) is 2.87. The first-order valence-corrected chi connectivity index (χ1v) is 8.23. The maximum Gasteiger partial charge on any atom is 0.283 e. The van der Waals surface area contributed by atoms with Crippen LogP contribution in [0.1, 0.15) is 6.42 Å². The van der Waals surface area contributed by atoms with Gasteiger partial charge in [0, 0.05) is 19.2 Å². The number of nitro benzene ring substituents is 1. The zero-order valence-electron chi connectivity index (χ0n) is 10.5. The summed E-state index contributed by atoms with van der Waals surface area (Å²) < 4.78 is 26.4. The molecule has 7 nitrogen and oxygen atoms in total. The molecule has 0 saturated carbocycles. The van der Waals surface area contributed by atoms with Crippen molar-refractivity contribution < 1.29 is 13.3 Å². The Hall–Kier alpha value is -1.03. The van der Waals surface area contributed by atoms with Crippen LogP contribution >= 0.6 is 15.9 Å². The summed E-state index contributed by atoms with van der Waals surface area (Å²) >= 11 is 3.03. The van der Waals surface area contributed by atoms with Crippen LogP contribution in [0.15, 0.2) is 27.6 Å². The van der Waals surface area contributed by atoms with Crippen LogP contribution in [0.3, 0.4) is 0 Å². The lowest BCUT2D eigenvalue weighted by molar-refractivity contribution is -0.385. The summed E-state index contributed by atoms with van der Waals surface area (Å²) in [5.74, 6) is 0.172. The van der Waals surface area contributed by atoms with Crippen molar-refractivity contribution in [1.29, 1.82) is 0 Å². The highest BCUT2D eigenvalue weighted by Gasteiger charge is 2.32. The van der Waals surface area contributed by atoms with Crippen molar-refractivity contribution in [3.8, 4) is 0 Å². The molecule has 1 unspecified atom stereocenters. The van der Waals surface area contributed by atoms with Crippen LogP contribution < -0.4 is 5.73 Å². The summed E-state index contributed by atoms with van der Waals surface area (Å²) in [6, 6.07) is 3.71. The Kier molecular flexibility index (Phi) is 4.43. The number of nitro groups is 1. The van der Waals surface area contributed by atoms with Crippen LogP contribution in [-0.4, -0.2) is 37.3 Å². The van der Waals surface area contributed by atoms with E-state index in [0.29, 0.717) is 19.6 Å². The number of hydrogen-bond acceptors (Lipinski definition) is 5. The molecule has 2 N–H and O–H groups in total. The number of nitrogens with two attached hydrogens (primary N) is 1. The minimum Gasteiger partial charge on any atom is -0.330 e. The van der Waals surface area contributed by atoms with Gasteiger partial charge in [-0.15, -0.1) is 0 Å². The summed E-state index contributed by atoms with van der Waals surface area (Å²) in [4.78, 5) is 10.2. The highest BCUT2D eigenvalue weighted by molar-refractivity contribution is 9.10. The van der Waals surface area contributed by atoms with Gasteiger partial charge in [-0.3, -0.25) is 10.1 Å². The molecule has 1 saturated heterocycles. The molecular weight excluding hydrogens is 350 g/mol.